The van der Waals surface area contributed by atoms with Gasteiger partial charge >= 0.3 is 6.18 Å². The van der Waals surface area contributed by atoms with Crippen LogP contribution < -0.4 is 4.74 Å². The molecule has 574 valence electrons. The number of fused-ring (bicyclic) bond motifs is 3. The predicted octanol–water partition coefficient (Wildman–Crippen LogP) is 24.3. The van der Waals surface area contributed by atoms with Gasteiger partial charge < -0.3 is 20.1 Å². The van der Waals surface area contributed by atoms with E-state index < -0.39 is 41.8 Å². The summed E-state index contributed by atoms with van der Waals surface area (Å²) in [5.74, 6) is 1.39. The summed E-state index contributed by atoms with van der Waals surface area (Å²) in [4.78, 5) is -0.808. The van der Waals surface area contributed by atoms with Crippen LogP contribution >= 0.6 is 0 Å². The Morgan fingerprint density at radius 3 is 0.973 bits per heavy atom. The fourth-order valence-corrected chi connectivity index (χ4v) is 14.9. The van der Waals surface area contributed by atoms with Crippen LogP contribution in [-0.4, -0.2) is 48.4 Å². The zero-order valence-corrected chi connectivity index (χ0v) is 68.3. The molecule has 0 unspecified atom stereocenters. The molecule has 10 nitrogen and oxygen atoms in total. The molecule has 1 aliphatic carbocycles. The second-order valence-electron chi connectivity index (χ2n) is 29.2. The van der Waals surface area contributed by atoms with Gasteiger partial charge in [-0.15, -0.1) is 0 Å². The van der Waals surface area contributed by atoms with Crippen LogP contribution in [0.15, 0.2) is 204 Å². The van der Waals surface area contributed by atoms with E-state index in [2.05, 4.69) is 122 Å². The maximum Gasteiger partial charge on any atom is 0.417 e. The molecule has 0 bridgehead atoms. The zero-order chi connectivity index (χ0) is 81.3. The number of phenolic OH excluding ortho intramolecular Hbond substituents is 2. The molecule has 5 N–H and O–H groups in total. The lowest BCUT2D eigenvalue weighted by Gasteiger charge is -2.16. The molecule has 0 radical (unpaired) electrons. The number of phenols is 2. The molecule has 0 aliphatic heterocycles. The molecule has 0 saturated heterocycles. The van der Waals surface area contributed by atoms with Crippen LogP contribution in [0.25, 0.3) is 66.8 Å². The number of benzene rings is 12. The van der Waals surface area contributed by atoms with E-state index in [0.717, 1.165) is 84.5 Å². The normalized spacial score (nSPS) is 11.4. The molecule has 0 aromatic heterocycles. The first-order chi connectivity index (χ1) is 51.5. The van der Waals surface area contributed by atoms with Crippen molar-refractivity contribution in [3.05, 3.63) is 322 Å². The number of rotatable bonds is 9. The summed E-state index contributed by atoms with van der Waals surface area (Å²) in [6.07, 6.45) is -3.23. The summed E-state index contributed by atoms with van der Waals surface area (Å²) >= 11 is 0. The maximum atomic E-state index is 13.1. The largest absolute Gasteiger partial charge is 0.508 e. The summed E-state index contributed by atoms with van der Waals surface area (Å²) in [6.45, 7) is 37.5. The molecular weight excluding hydrogens is 1420 g/mol. The molecule has 13 rings (SSSR count). The van der Waals surface area contributed by atoms with Crippen molar-refractivity contribution in [2.24, 2.45) is 0 Å². The van der Waals surface area contributed by atoms with Gasteiger partial charge in [-0.3, -0.25) is 9.11 Å². The third-order valence-electron chi connectivity index (χ3n) is 20.2. The third kappa shape index (κ3) is 21.1. The van der Waals surface area contributed by atoms with E-state index in [-0.39, 0.29) is 34.8 Å². The Kier molecular flexibility index (Phi) is 27.5. The number of aryl methyl sites for hydroxylation is 19. The second kappa shape index (κ2) is 35.5. The monoisotopic (exact) mass is 1520 g/mol. The third-order valence-corrected chi connectivity index (χ3v) is 22.0. The number of hydrogen-bond acceptors (Lipinski definition) is 8. The van der Waals surface area contributed by atoms with Crippen LogP contribution in [0, 0.1) is 132 Å². The summed E-state index contributed by atoms with van der Waals surface area (Å²) in [7, 11) is -7.49. The number of alkyl halides is 3. The standard InChI is InChI=1S/C17H18.C16H15F3.C16H18O6S2.C16H18O2.C16H18.C14H14O2/c1-10-5-14-9-15-6-11(2)13(4)8-17(15)16(14)7-12(10)3;1-10-4-6-13(12(3)8-10)14-7-5-11(2)9-15(14)16(17,18)19;1-9-5-13(15(7-11(9)3)23(17,18)19)14-6-10(2)12(4)8-16(14)24(20,21)22;1-11-4-6-14(13(8-11)10-17)15-7-5-12(2)9-16(15)18-3;1-11-5-7-15(13(3)9-11)16-8-6-12(2)10-14(16)4;1-9-3-5-11(7-13(9)15)12-6-4-10(2)14(16)8-12/h5-8H,9H2,1-4H3;4-9H,1-3H3;5-8H,1-4H3,(H,17,18,19)(H,20,21,22);4-9,17H,10H2,1-3H3;5-10H,1-4H3;3-8,15-16H,1-2H3. The molecule has 0 spiro atoms. The number of halogens is 3. The molecule has 12 aromatic carbocycles. The van der Waals surface area contributed by atoms with Gasteiger partial charge in [-0.25, -0.2) is 0 Å². The van der Waals surface area contributed by atoms with Crippen molar-refractivity contribution in [2.75, 3.05) is 7.11 Å². The highest BCUT2D eigenvalue weighted by Gasteiger charge is 2.34. The Morgan fingerprint density at radius 2 is 0.627 bits per heavy atom. The van der Waals surface area contributed by atoms with E-state index >= 15 is 0 Å². The molecule has 110 heavy (non-hydrogen) atoms. The van der Waals surface area contributed by atoms with E-state index in [9.17, 15) is 54.4 Å². The minimum atomic E-state index is -4.58. The van der Waals surface area contributed by atoms with Gasteiger partial charge in [0.1, 0.15) is 27.0 Å². The van der Waals surface area contributed by atoms with Gasteiger partial charge in [-0.2, -0.15) is 30.0 Å². The van der Waals surface area contributed by atoms with Crippen molar-refractivity contribution in [1.29, 1.82) is 0 Å². The van der Waals surface area contributed by atoms with Gasteiger partial charge in [0, 0.05) is 16.7 Å². The zero-order valence-electron chi connectivity index (χ0n) is 66.6. The van der Waals surface area contributed by atoms with E-state index in [4.69, 9.17) is 4.74 Å². The number of methoxy groups -OCH3 is 1. The van der Waals surface area contributed by atoms with Crippen molar-refractivity contribution in [3.63, 3.8) is 0 Å². The first-order valence-corrected chi connectivity index (χ1v) is 39.1. The van der Waals surface area contributed by atoms with Gasteiger partial charge in [-0.05, 0) is 331 Å². The summed E-state index contributed by atoms with van der Waals surface area (Å²) in [5.41, 5.74) is 33.9. The summed E-state index contributed by atoms with van der Waals surface area (Å²) in [5, 5.41) is 28.7. The lowest BCUT2D eigenvalue weighted by molar-refractivity contribution is -0.137. The second-order valence-corrected chi connectivity index (χ2v) is 32.0. The molecule has 1 aliphatic rings. The van der Waals surface area contributed by atoms with Crippen molar-refractivity contribution in [2.45, 2.75) is 161 Å². The van der Waals surface area contributed by atoms with E-state index in [1.165, 1.54) is 108 Å². The van der Waals surface area contributed by atoms with E-state index in [1.54, 1.807) is 72.1 Å². The number of ether oxygens (including phenoxy) is 1. The first-order valence-electron chi connectivity index (χ1n) is 36.2. The lowest BCUT2D eigenvalue weighted by Crippen LogP contribution is -2.08. The van der Waals surface area contributed by atoms with Crippen LogP contribution in [0.5, 0.6) is 17.2 Å². The van der Waals surface area contributed by atoms with Gasteiger partial charge in [0.05, 0.1) is 19.3 Å². The molecule has 15 heteroatoms. The Morgan fingerprint density at radius 1 is 0.318 bits per heavy atom. The molecule has 0 heterocycles. The lowest BCUT2D eigenvalue weighted by atomic mass is 9.93. The fraction of sp³-hybridized carbons (Fsp3) is 0.242. The highest BCUT2D eigenvalue weighted by Crippen LogP contribution is 2.43. The molecule has 12 aromatic rings. The van der Waals surface area contributed by atoms with E-state index in [0.29, 0.717) is 22.3 Å². The Balaban J connectivity index is 0.000000167. The van der Waals surface area contributed by atoms with Crippen molar-refractivity contribution < 1.29 is 59.2 Å². The number of aliphatic hydroxyl groups excluding tert-OH is 1. The molecule has 0 atom stereocenters. The highest BCUT2D eigenvalue weighted by atomic mass is 32.2. The van der Waals surface area contributed by atoms with Crippen molar-refractivity contribution in [3.8, 4) is 84.0 Å². The Hall–Kier alpha value is -10.4. The SMILES string of the molecule is COc1cc(C)ccc1-c1ccc(C)cc1CO.Cc1cc(-c2cc(C)c(C)cc2S(=O)(=O)O)c(S(=O)(=O)O)cc1C.Cc1cc2c(cc1C)-c1cc(C)c(C)cc1C2.Cc1ccc(-c2ccc(C)c(O)c2)cc1O.Cc1ccc(-c2ccc(C)cc2C(F)(F)F)c(C)c1.Cc1ccc(-c2ccc(C)cc2C)c(C)c1. The Labute approximate surface area is 649 Å². The summed E-state index contributed by atoms with van der Waals surface area (Å²) < 4.78 is 111. The predicted molar refractivity (Wildman–Crippen MR) is 445 cm³/mol. The average molecular weight is 1520 g/mol. The van der Waals surface area contributed by atoms with E-state index in [1.807, 2.05) is 108 Å². The number of aromatic hydroxyl groups is 2. The van der Waals surface area contributed by atoms with Crippen LogP contribution in [0.3, 0.4) is 0 Å². The molecule has 0 saturated carbocycles. The van der Waals surface area contributed by atoms with Crippen molar-refractivity contribution >= 4 is 20.2 Å². The smallest absolute Gasteiger partial charge is 0.417 e. The van der Waals surface area contributed by atoms with Gasteiger partial charge in [0.25, 0.3) is 20.2 Å². The Bertz CT molecular complexity index is 5380. The number of hydrogen-bond donors (Lipinski definition) is 5. The van der Waals surface area contributed by atoms with Crippen molar-refractivity contribution in [1.82, 2.24) is 0 Å². The van der Waals surface area contributed by atoms with Gasteiger partial charge in [0.2, 0.25) is 0 Å². The number of aliphatic hydroxyl groups is 1. The molecular formula is C95H101F3O10S2. The first kappa shape index (κ1) is 85.2. The van der Waals surface area contributed by atoms with Gasteiger partial charge in [0.15, 0.2) is 0 Å². The highest BCUT2D eigenvalue weighted by molar-refractivity contribution is 7.86. The molecule has 0 fully saturated rings. The fourth-order valence-electron chi connectivity index (χ4n) is 13.4. The summed E-state index contributed by atoms with van der Waals surface area (Å²) in [6, 6.07) is 61.4. The topological polar surface area (TPSA) is 179 Å². The minimum Gasteiger partial charge on any atom is -0.508 e. The molecule has 0 amide bonds. The quantitative estimate of drug-likeness (QED) is 0.0874. The maximum absolute atomic E-state index is 13.1. The average Bonchev–Trinajstić information content (AvgIpc) is 1.31. The van der Waals surface area contributed by atoms with Crippen LogP contribution in [0.4, 0.5) is 13.2 Å². The van der Waals surface area contributed by atoms with Gasteiger partial charge in [-0.1, -0.05) is 173 Å². The minimum absolute atomic E-state index is 0.0244. The van der Waals surface area contributed by atoms with Crippen LogP contribution in [0.1, 0.15) is 128 Å². The van der Waals surface area contributed by atoms with Crippen LogP contribution in [0.2, 0.25) is 0 Å². The van der Waals surface area contributed by atoms with Crippen LogP contribution in [-0.2, 0) is 39.4 Å².